The van der Waals surface area contributed by atoms with E-state index in [1.807, 2.05) is 43.3 Å². The van der Waals surface area contributed by atoms with E-state index in [-0.39, 0.29) is 0 Å². The van der Waals surface area contributed by atoms with Crippen LogP contribution in [0.1, 0.15) is 18.1 Å². The van der Waals surface area contributed by atoms with Crippen molar-refractivity contribution in [3.63, 3.8) is 0 Å². The second-order valence-corrected chi connectivity index (χ2v) is 4.17. The van der Waals surface area contributed by atoms with Crippen molar-refractivity contribution in [2.24, 2.45) is 0 Å². The average Bonchev–Trinajstić information content (AvgIpc) is 2.48. The van der Waals surface area contributed by atoms with Gasteiger partial charge >= 0.3 is 0 Å². The first-order chi connectivity index (χ1) is 9.28. The molecule has 2 nitrogen and oxygen atoms in total. The van der Waals surface area contributed by atoms with Crippen LogP contribution < -0.4 is 9.47 Å². The molecule has 0 amide bonds. The molecule has 2 heteroatoms. The summed E-state index contributed by atoms with van der Waals surface area (Å²) in [5, 5.41) is 0. The zero-order chi connectivity index (χ0) is 13.7. The Morgan fingerprint density at radius 1 is 0.842 bits per heavy atom. The second kappa shape index (κ2) is 6.10. The van der Waals surface area contributed by atoms with E-state index in [2.05, 4.69) is 18.2 Å². The molecule has 0 heterocycles. The van der Waals surface area contributed by atoms with Gasteiger partial charge in [-0.15, -0.1) is 0 Å². The number of benzene rings is 2. The maximum absolute atomic E-state index is 5.32. The fourth-order valence-electron chi connectivity index (χ4n) is 2.08. The van der Waals surface area contributed by atoms with Crippen LogP contribution in [0.2, 0.25) is 0 Å². The quantitative estimate of drug-likeness (QED) is 0.815. The zero-order valence-electron chi connectivity index (χ0n) is 11.5. The first-order valence-electron chi connectivity index (χ1n) is 6.23. The lowest BCUT2D eigenvalue weighted by Gasteiger charge is -2.11. The lowest BCUT2D eigenvalue weighted by atomic mass is 9.97. The molecular weight excluding hydrogens is 236 g/mol. The van der Waals surface area contributed by atoms with E-state index < -0.39 is 0 Å². The summed E-state index contributed by atoms with van der Waals surface area (Å²) in [6.07, 6.45) is 2.10. The van der Waals surface area contributed by atoms with E-state index in [0.29, 0.717) is 0 Å². The van der Waals surface area contributed by atoms with E-state index in [4.69, 9.17) is 9.47 Å². The predicted octanol–water partition coefficient (Wildman–Crippen LogP) is 4.16. The highest BCUT2D eigenvalue weighted by Gasteiger charge is 2.07. The number of allylic oxidation sites excluding steroid dienone is 1. The third-order valence-electron chi connectivity index (χ3n) is 3.04. The minimum atomic E-state index is 0.796. The molecule has 0 fully saturated rings. The molecule has 0 bridgehead atoms. The van der Waals surface area contributed by atoms with Gasteiger partial charge in [0.05, 0.1) is 14.2 Å². The topological polar surface area (TPSA) is 18.5 Å². The molecule has 2 aromatic carbocycles. The molecule has 0 saturated carbocycles. The van der Waals surface area contributed by atoms with Gasteiger partial charge in [-0.2, -0.15) is 0 Å². The van der Waals surface area contributed by atoms with Gasteiger partial charge in [0.2, 0.25) is 0 Å². The van der Waals surface area contributed by atoms with Gasteiger partial charge in [-0.25, -0.2) is 0 Å². The average molecular weight is 254 g/mol. The third kappa shape index (κ3) is 2.97. The molecule has 0 saturated heterocycles. The van der Waals surface area contributed by atoms with E-state index in [1.165, 1.54) is 5.56 Å². The minimum absolute atomic E-state index is 0.796. The smallest absolute Gasteiger partial charge is 0.123 e. The maximum Gasteiger partial charge on any atom is 0.123 e. The number of methoxy groups -OCH3 is 2. The first-order valence-corrected chi connectivity index (χ1v) is 6.23. The summed E-state index contributed by atoms with van der Waals surface area (Å²) in [4.78, 5) is 0. The van der Waals surface area contributed by atoms with Crippen LogP contribution in [0, 0.1) is 0 Å². The van der Waals surface area contributed by atoms with Crippen LogP contribution >= 0.6 is 0 Å². The standard InChI is InChI=1S/C17H18O2/c1-4-17(13-8-6-5-7-9-13)14-10-15(18-2)12-16(11-14)19-3/h4-12H,1-3H3. The van der Waals surface area contributed by atoms with Gasteiger partial charge in [-0.05, 0) is 35.8 Å². The number of rotatable bonds is 4. The molecule has 0 spiro atoms. The first kappa shape index (κ1) is 13.2. The Labute approximate surface area is 114 Å². The van der Waals surface area contributed by atoms with Crippen molar-refractivity contribution in [2.45, 2.75) is 6.92 Å². The van der Waals surface area contributed by atoms with Crippen LogP contribution in [0.25, 0.3) is 5.57 Å². The summed E-state index contributed by atoms with van der Waals surface area (Å²) in [6, 6.07) is 16.2. The van der Waals surface area contributed by atoms with E-state index in [1.54, 1.807) is 14.2 Å². The molecular formula is C17H18O2. The molecule has 0 aliphatic rings. The van der Waals surface area contributed by atoms with E-state index >= 15 is 0 Å². The third-order valence-corrected chi connectivity index (χ3v) is 3.04. The minimum Gasteiger partial charge on any atom is -0.497 e. The second-order valence-electron chi connectivity index (χ2n) is 4.17. The van der Waals surface area contributed by atoms with Crippen molar-refractivity contribution in [1.29, 1.82) is 0 Å². The Balaban J connectivity index is 2.50. The molecule has 0 atom stereocenters. The van der Waals surface area contributed by atoms with Crippen LogP contribution in [0.5, 0.6) is 11.5 Å². The van der Waals surface area contributed by atoms with Crippen LogP contribution in [0.15, 0.2) is 54.6 Å². The van der Waals surface area contributed by atoms with Gasteiger partial charge in [0.1, 0.15) is 11.5 Å². The fourth-order valence-corrected chi connectivity index (χ4v) is 2.08. The monoisotopic (exact) mass is 254 g/mol. The molecule has 98 valence electrons. The molecule has 2 aromatic rings. The predicted molar refractivity (Wildman–Crippen MR) is 78.7 cm³/mol. The Kier molecular flexibility index (Phi) is 4.24. The summed E-state index contributed by atoms with van der Waals surface area (Å²) in [5.41, 5.74) is 3.43. The molecule has 0 aromatic heterocycles. The SMILES string of the molecule is CC=C(c1ccccc1)c1cc(OC)cc(OC)c1. The largest absolute Gasteiger partial charge is 0.497 e. The summed E-state index contributed by atoms with van der Waals surface area (Å²) in [5.74, 6) is 1.59. The van der Waals surface area contributed by atoms with Crippen LogP contribution in [0.3, 0.4) is 0 Å². The number of ether oxygens (including phenoxy) is 2. The number of hydrogen-bond donors (Lipinski definition) is 0. The summed E-state index contributed by atoms with van der Waals surface area (Å²) < 4.78 is 10.6. The normalized spacial score (nSPS) is 11.2. The van der Waals surface area contributed by atoms with Crippen molar-refractivity contribution < 1.29 is 9.47 Å². The van der Waals surface area contributed by atoms with Gasteiger partial charge in [0.15, 0.2) is 0 Å². The zero-order valence-corrected chi connectivity index (χ0v) is 11.5. The maximum atomic E-state index is 5.32. The Bertz CT molecular complexity index is 549. The van der Waals surface area contributed by atoms with Crippen molar-refractivity contribution in [3.05, 3.63) is 65.7 Å². The molecule has 0 unspecified atom stereocenters. The van der Waals surface area contributed by atoms with Crippen molar-refractivity contribution >= 4 is 5.57 Å². The van der Waals surface area contributed by atoms with Crippen molar-refractivity contribution in [2.75, 3.05) is 14.2 Å². The summed E-state index contributed by atoms with van der Waals surface area (Å²) in [6.45, 7) is 2.04. The highest BCUT2D eigenvalue weighted by Crippen LogP contribution is 2.30. The molecule has 19 heavy (non-hydrogen) atoms. The van der Waals surface area contributed by atoms with E-state index in [0.717, 1.165) is 22.6 Å². The summed E-state index contributed by atoms with van der Waals surface area (Å²) >= 11 is 0. The van der Waals surface area contributed by atoms with Gasteiger partial charge in [0, 0.05) is 6.07 Å². The van der Waals surface area contributed by atoms with Crippen LogP contribution in [0.4, 0.5) is 0 Å². The van der Waals surface area contributed by atoms with Gasteiger partial charge in [-0.3, -0.25) is 0 Å². The molecule has 0 radical (unpaired) electrons. The van der Waals surface area contributed by atoms with Crippen molar-refractivity contribution in [1.82, 2.24) is 0 Å². The Hall–Kier alpha value is -2.22. The van der Waals surface area contributed by atoms with Gasteiger partial charge < -0.3 is 9.47 Å². The van der Waals surface area contributed by atoms with Gasteiger partial charge in [0.25, 0.3) is 0 Å². The molecule has 0 aliphatic carbocycles. The van der Waals surface area contributed by atoms with Gasteiger partial charge in [-0.1, -0.05) is 36.4 Å². The molecule has 0 N–H and O–H groups in total. The van der Waals surface area contributed by atoms with Crippen LogP contribution in [-0.2, 0) is 0 Å². The molecule has 0 aliphatic heterocycles. The fraction of sp³-hybridized carbons (Fsp3) is 0.176. The Morgan fingerprint density at radius 2 is 1.42 bits per heavy atom. The highest BCUT2D eigenvalue weighted by atomic mass is 16.5. The lowest BCUT2D eigenvalue weighted by molar-refractivity contribution is 0.394. The Morgan fingerprint density at radius 3 is 1.89 bits per heavy atom. The van der Waals surface area contributed by atoms with E-state index in [9.17, 15) is 0 Å². The van der Waals surface area contributed by atoms with Crippen LogP contribution in [-0.4, -0.2) is 14.2 Å². The number of hydrogen-bond acceptors (Lipinski definition) is 2. The lowest BCUT2D eigenvalue weighted by Crippen LogP contribution is -1.92. The molecule has 2 rings (SSSR count). The van der Waals surface area contributed by atoms with Crippen molar-refractivity contribution in [3.8, 4) is 11.5 Å². The summed E-state index contributed by atoms with van der Waals surface area (Å²) in [7, 11) is 3.33. The highest BCUT2D eigenvalue weighted by molar-refractivity contribution is 5.80.